The fraction of sp³-hybridized carbons (Fsp3) is 0.136. The SMILES string of the molecule is C1=CC2c3c(ccc4c3oc3ccccc34)N(C3Nc4ccccc4C(C4=CC(c5ccc(-c6ccccc6)cc5)=CCC4)N3)C2C=C1. The van der Waals surface area contributed by atoms with Gasteiger partial charge in [0.25, 0.3) is 0 Å². The summed E-state index contributed by atoms with van der Waals surface area (Å²) in [5.74, 6) is 0.204. The second-order valence-electron chi connectivity index (χ2n) is 13.3. The molecule has 4 heteroatoms. The highest BCUT2D eigenvalue weighted by molar-refractivity contribution is 6.08. The normalized spacial score (nSPS) is 22.5. The van der Waals surface area contributed by atoms with Gasteiger partial charge in [-0.15, -0.1) is 0 Å². The predicted octanol–water partition coefficient (Wildman–Crippen LogP) is 10.5. The van der Waals surface area contributed by atoms with Gasteiger partial charge in [0.05, 0.1) is 12.1 Å². The molecule has 2 aliphatic heterocycles. The van der Waals surface area contributed by atoms with E-state index in [4.69, 9.17) is 4.42 Å². The first kappa shape index (κ1) is 27.5. The third-order valence-electron chi connectivity index (χ3n) is 10.6. The summed E-state index contributed by atoms with van der Waals surface area (Å²) in [7, 11) is 0. The van der Waals surface area contributed by atoms with Crippen LogP contribution in [0.25, 0.3) is 38.6 Å². The first-order valence-corrected chi connectivity index (χ1v) is 17.1. The maximum atomic E-state index is 6.60. The number of anilines is 2. The topological polar surface area (TPSA) is 40.4 Å². The lowest BCUT2D eigenvalue weighted by atomic mass is 9.86. The van der Waals surface area contributed by atoms with Gasteiger partial charge in [0, 0.05) is 33.6 Å². The predicted molar refractivity (Wildman–Crippen MR) is 198 cm³/mol. The molecule has 4 atom stereocenters. The second kappa shape index (κ2) is 11.0. The Morgan fingerprint density at radius 2 is 1.46 bits per heavy atom. The van der Waals surface area contributed by atoms with Crippen LogP contribution in [0.2, 0.25) is 0 Å². The van der Waals surface area contributed by atoms with Crippen LogP contribution in [0, 0.1) is 0 Å². The minimum Gasteiger partial charge on any atom is -0.456 e. The summed E-state index contributed by atoms with van der Waals surface area (Å²) in [5, 5.41) is 10.4. The van der Waals surface area contributed by atoms with Crippen molar-refractivity contribution in [2.45, 2.75) is 37.1 Å². The summed E-state index contributed by atoms with van der Waals surface area (Å²) in [5.41, 5.74) is 13.4. The number of hydrogen-bond acceptors (Lipinski definition) is 4. The quantitative estimate of drug-likeness (QED) is 0.206. The fourth-order valence-corrected chi connectivity index (χ4v) is 8.36. The highest BCUT2D eigenvalue weighted by atomic mass is 16.3. The molecule has 1 aromatic heterocycles. The van der Waals surface area contributed by atoms with E-state index < -0.39 is 0 Å². The Balaban J connectivity index is 1.03. The van der Waals surface area contributed by atoms with Gasteiger partial charge in [-0.3, -0.25) is 5.32 Å². The van der Waals surface area contributed by atoms with Crippen LogP contribution in [0.3, 0.4) is 0 Å². The van der Waals surface area contributed by atoms with Crippen LogP contribution in [0.15, 0.2) is 162 Å². The summed E-state index contributed by atoms with van der Waals surface area (Å²) in [6.45, 7) is 0. The number of furan rings is 1. The summed E-state index contributed by atoms with van der Waals surface area (Å²) in [6, 6.07) is 41.6. The molecule has 3 heterocycles. The first-order chi connectivity index (χ1) is 23.8. The molecule has 4 nitrogen and oxygen atoms in total. The van der Waals surface area contributed by atoms with Gasteiger partial charge in [0.2, 0.25) is 0 Å². The molecule has 0 bridgehead atoms. The van der Waals surface area contributed by atoms with E-state index in [-0.39, 0.29) is 24.3 Å². The fourth-order valence-electron chi connectivity index (χ4n) is 8.36. The van der Waals surface area contributed by atoms with Crippen molar-refractivity contribution in [3.8, 4) is 11.1 Å². The van der Waals surface area contributed by atoms with Crippen LogP contribution < -0.4 is 15.5 Å². The summed E-state index contributed by atoms with van der Waals surface area (Å²) < 4.78 is 6.60. The smallest absolute Gasteiger partial charge is 0.156 e. The number of hydrogen-bond donors (Lipinski definition) is 2. The van der Waals surface area contributed by atoms with Gasteiger partial charge < -0.3 is 14.6 Å². The average Bonchev–Trinajstić information content (AvgIpc) is 3.71. The summed E-state index contributed by atoms with van der Waals surface area (Å²) in [4.78, 5) is 2.54. The number of benzene rings is 5. The highest BCUT2D eigenvalue weighted by Crippen LogP contribution is 2.50. The van der Waals surface area contributed by atoms with Crippen molar-refractivity contribution < 1.29 is 4.42 Å². The lowest BCUT2D eigenvalue weighted by Crippen LogP contribution is -2.57. The third kappa shape index (κ3) is 4.33. The Bertz CT molecular complexity index is 2320. The van der Waals surface area contributed by atoms with Crippen LogP contribution >= 0.6 is 0 Å². The lowest BCUT2D eigenvalue weighted by Gasteiger charge is -2.44. The Hall–Kier alpha value is -5.58. The highest BCUT2D eigenvalue weighted by Gasteiger charge is 2.44. The Morgan fingerprint density at radius 1 is 0.688 bits per heavy atom. The van der Waals surface area contributed by atoms with Crippen LogP contribution in [0.5, 0.6) is 0 Å². The van der Waals surface area contributed by atoms with Gasteiger partial charge in [-0.25, -0.2) is 0 Å². The minimum absolute atomic E-state index is 0.0836. The van der Waals surface area contributed by atoms with Crippen molar-refractivity contribution >= 4 is 38.9 Å². The van der Waals surface area contributed by atoms with E-state index in [2.05, 4.69) is 167 Å². The van der Waals surface area contributed by atoms with E-state index in [1.807, 2.05) is 0 Å². The molecule has 0 fully saturated rings. The van der Waals surface area contributed by atoms with Crippen molar-refractivity contribution in [3.05, 3.63) is 174 Å². The molecular weight excluding hydrogens is 587 g/mol. The third-order valence-corrected chi connectivity index (χ3v) is 10.6. The van der Waals surface area contributed by atoms with Gasteiger partial charge >= 0.3 is 0 Å². The monoisotopic (exact) mass is 621 g/mol. The maximum absolute atomic E-state index is 6.60. The minimum atomic E-state index is -0.114. The molecule has 0 saturated carbocycles. The molecule has 4 unspecified atom stereocenters. The summed E-state index contributed by atoms with van der Waals surface area (Å²) >= 11 is 0. The van der Waals surface area contributed by atoms with Gasteiger partial charge in [-0.2, -0.15) is 0 Å². The van der Waals surface area contributed by atoms with Crippen LogP contribution in [0.1, 0.15) is 41.5 Å². The van der Waals surface area contributed by atoms with Gasteiger partial charge in [0.15, 0.2) is 6.29 Å². The number of fused-ring (bicyclic) bond motifs is 8. The van der Waals surface area contributed by atoms with Gasteiger partial charge in [-0.05, 0) is 70.5 Å². The zero-order valence-corrected chi connectivity index (χ0v) is 26.5. The molecule has 6 aromatic rings. The molecule has 2 aliphatic carbocycles. The molecule has 232 valence electrons. The van der Waals surface area contributed by atoms with E-state index in [9.17, 15) is 0 Å². The second-order valence-corrected chi connectivity index (χ2v) is 13.3. The molecule has 5 aromatic carbocycles. The van der Waals surface area contributed by atoms with Crippen LogP contribution in [-0.2, 0) is 0 Å². The number of nitrogens with one attached hydrogen (secondary N) is 2. The Labute approximate surface area is 280 Å². The van der Waals surface area contributed by atoms with E-state index in [1.165, 1.54) is 61.1 Å². The van der Waals surface area contributed by atoms with Crippen LogP contribution in [0.4, 0.5) is 11.4 Å². The molecule has 2 N–H and O–H groups in total. The molecule has 4 aliphatic rings. The average molecular weight is 622 g/mol. The molecule has 0 amide bonds. The molecule has 0 spiro atoms. The number of rotatable bonds is 4. The molecular formula is C44H35N3O. The van der Waals surface area contributed by atoms with Crippen molar-refractivity contribution in [1.82, 2.24) is 5.32 Å². The van der Waals surface area contributed by atoms with Crippen molar-refractivity contribution in [2.75, 3.05) is 10.2 Å². The van der Waals surface area contributed by atoms with E-state index >= 15 is 0 Å². The zero-order valence-electron chi connectivity index (χ0n) is 26.5. The zero-order chi connectivity index (χ0) is 31.6. The maximum Gasteiger partial charge on any atom is 0.156 e. The number of nitrogens with zero attached hydrogens (tertiary/aromatic N) is 1. The van der Waals surface area contributed by atoms with E-state index in [1.54, 1.807) is 0 Å². The lowest BCUT2D eigenvalue weighted by molar-refractivity contribution is 0.440. The van der Waals surface area contributed by atoms with Crippen molar-refractivity contribution in [2.24, 2.45) is 0 Å². The van der Waals surface area contributed by atoms with Gasteiger partial charge in [0.1, 0.15) is 11.2 Å². The largest absolute Gasteiger partial charge is 0.456 e. The first-order valence-electron chi connectivity index (χ1n) is 17.1. The van der Waals surface area contributed by atoms with Crippen molar-refractivity contribution in [3.63, 3.8) is 0 Å². The summed E-state index contributed by atoms with van der Waals surface area (Å²) in [6.07, 6.45) is 15.8. The molecule has 10 rings (SSSR count). The number of para-hydroxylation sites is 2. The van der Waals surface area contributed by atoms with Crippen LogP contribution in [-0.4, -0.2) is 12.3 Å². The Morgan fingerprint density at radius 3 is 2.38 bits per heavy atom. The molecule has 0 radical (unpaired) electrons. The Kier molecular flexibility index (Phi) is 6.31. The molecule has 0 saturated heterocycles. The van der Waals surface area contributed by atoms with Gasteiger partial charge in [-0.1, -0.05) is 127 Å². The molecule has 48 heavy (non-hydrogen) atoms. The number of allylic oxidation sites excluding steroid dienone is 5. The van der Waals surface area contributed by atoms with E-state index in [0.29, 0.717) is 0 Å². The van der Waals surface area contributed by atoms with Crippen molar-refractivity contribution in [1.29, 1.82) is 0 Å². The van der Waals surface area contributed by atoms with E-state index in [0.717, 1.165) is 24.0 Å². The standard InChI is InChI=1S/C44H35N3O/c1-2-11-28(12-3-1)29-21-23-30(24-22-29)31-13-10-14-32(27-31)42-35-16-4-7-18-37(35)45-44(46-42)47-38-19-8-5-17-36(38)41-39(47)26-25-34-33-15-6-9-20-40(33)48-43(34)41/h1-9,11-13,15-27,36,38,42,44-46H,10,14H2.